The van der Waals surface area contributed by atoms with Crippen LogP contribution in [0.25, 0.3) is 22.2 Å². The Morgan fingerprint density at radius 2 is 1.43 bits per heavy atom. The van der Waals surface area contributed by atoms with Gasteiger partial charge in [0.2, 0.25) is 0 Å². The summed E-state index contributed by atoms with van der Waals surface area (Å²) in [6, 6.07) is 24.4. The summed E-state index contributed by atoms with van der Waals surface area (Å²) in [6.45, 7) is 11.7. The van der Waals surface area contributed by atoms with Crippen LogP contribution in [0.1, 0.15) is 56.8 Å². The fourth-order valence-corrected chi connectivity index (χ4v) is 6.36. The summed E-state index contributed by atoms with van der Waals surface area (Å²) in [7, 11) is 0. The molecule has 0 radical (unpaired) electrons. The van der Waals surface area contributed by atoms with Crippen molar-refractivity contribution in [2.24, 2.45) is 11.3 Å². The van der Waals surface area contributed by atoms with Crippen LogP contribution < -0.4 is 9.74 Å². The van der Waals surface area contributed by atoms with Crippen molar-refractivity contribution in [2.45, 2.75) is 52.5 Å². The van der Waals surface area contributed by atoms with Crippen molar-refractivity contribution in [3.8, 4) is 11.1 Å². The predicted molar refractivity (Wildman–Crippen MR) is 159 cm³/mol. The Labute approximate surface area is 236 Å². The number of hydrogen-bond donors (Lipinski definition) is 0. The SMILES string of the molecule is CC(C)(C)C1CCC(N2CCN(c3ccc(-c4ccc(C(=O)On5nnc6ccccc65)cc4)cc3)CC2)CC1. The van der Waals surface area contributed by atoms with E-state index in [-0.39, 0.29) is 0 Å². The molecule has 1 saturated carbocycles. The molecule has 4 aromatic rings. The second-order valence-corrected chi connectivity index (χ2v) is 12.3. The van der Waals surface area contributed by atoms with E-state index in [9.17, 15) is 4.79 Å². The van der Waals surface area contributed by atoms with E-state index in [1.807, 2.05) is 36.4 Å². The fourth-order valence-electron chi connectivity index (χ4n) is 6.36. The normalized spacial score (nSPS) is 20.5. The smallest absolute Gasteiger partial charge is 0.365 e. The molecule has 0 spiro atoms. The molecule has 2 heterocycles. The van der Waals surface area contributed by atoms with Gasteiger partial charge in [0.25, 0.3) is 0 Å². The molecule has 0 bridgehead atoms. The van der Waals surface area contributed by atoms with Crippen LogP contribution in [0, 0.1) is 11.3 Å². The number of anilines is 1. The van der Waals surface area contributed by atoms with Crippen LogP contribution in [-0.4, -0.2) is 58.2 Å². The molecule has 1 aliphatic heterocycles. The van der Waals surface area contributed by atoms with E-state index in [0.29, 0.717) is 22.0 Å². The molecule has 0 atom stereocenters. The minimum atomic E-state index is -0.473. The van der Waals surface area contributed by atoms with Crippen molar-refractivity contribution in [2.75, 3.05) is 31.1 Å². The molecule has 6 rings (SSSR count). The molecule has 0 N–H and O–H groups in total. The first-order chi connectivity index (χ1) is 19.3. The van der Waals surface area contributed by atoms with E-state index in [4.69, 9.17) is 4.84 Å². The average molecular weight is 538 g/mol. The number of rotatable bonds is 5. The van der Waals surface area contributed by atoms with Gasteiger partial charge < -0.3 is 9.74 Å². The molecule has 7 nitrogen and oxygen atoms in total. The van der Waals surface area contributed by atoms with Crippen molar-refractivity contribution in [3.63, 3.8) is 0 Å². The number of nitrogens with zero attached hydrogens (tertiary/aromatic N) is 5. The van der Waals surface area contributed by atoms with E-state index in [0.717, 1.165) is 49.3 Å². The van der Waals surface area contributed by atoms with E-state index in [2.05, 4.69) is 65.1 Å². The highest BCUT2D eigenvalue weighted by atomic mass is 16.7. The first-order valence-electron chi connectivity index (χ1n) is 14.6. The van der Waals surface area contributed by atoms with Crippen molar-refractivity contribution in [1.82, 2.24) is 20.1 Å². The number of benzene rings is 3. The lowest BCUT2D eigenvalue weighted by Crippen LogP contribution is -2.51. The first-order valence-corrected chi connectivity index (χ1v) is 14.6. The second kappa shape index (κ2) is 11.0. The van der Waals surface area contributed by atoms with Gasteiger partial charge in [0.15, 0.2) is 0 Å². The minimum Gasteiger partial charge on any atom is -0.369 e. The number of fused-ring (bicyclic) bond motifs is 1. The Morgan fingerprint density at radius 3 is 2.08 bits per heavy atom. The maximum Gasteiger partial charge on any atom is 0.365 e. The molecule has 208 valence electrons. The van der Waals surface area contributed by atoms with Gasteiger partial charge in [-0.3, -0.25) is 4.90 Å². The molecule has 0 amide bonds. The minimum absolute atomic E-state index is 0.442. The Hall–Kier alpha value is -3.71. The third-order valence-electron chi connectivity index (χ3n) is 8.93. The van der Waals surface area contributed by atoms with Gasteiger partial charge in [-0.2, -0.15) is 0 Å². The molecule has 0 unspecified atom stereocenters. The van der Waals surface area contributed by atoms with Crippen LogP contribution in [0.3, 0.4) is 0 Å². The molecule has 3 aromatic carbocycles. The number of carbonyl (C=O) groups is 1. The first kappa shape index (κ1) is 26.5. The van der Waals surface area contributed by atoms with Crippen molar-refractivity contribution in [1.29, 1.82) is 0 Å². The zero-order valence-corrected chi connectivity index (χ0v) is 23.8. The van der Waals surface area contributed by atoms with Gasteiger partial charge >= 0.3 is 5.97 Å². The summed E-state index contributed by atoms with van der Waals surface area (Å²) in [6.07, 6.45) is 5.45. The summed E-state index contributed by atoms with van der Waals surface area (Å²) in [5, 5.41) is 7.95. The van der Waals surface area contributed by atoms with E-state index in [1.54, 1.807) is 12.1 Å². The zero-order valence-electron chi connectivity index (χ0n) is 23.8. The van der Waals surface area contributed by atoms with Crippen LogP contribution in [0.5, 0.6) is 0 Å². The maximum atomic E-state index is 12.7. The molecule has 40 heavy (non-hydrogen) atoms. The van der Waals surface area contributed by atoms with Gasteiger partial charge in [-0.05, 0) is 89.8 Å². The van der Waals surface area contributed by atoms with E-state index < -0.39 is 5.97 Å². The lowest BCUT2D eigenvalue weighted by atomic mass is 9.71. The van der Waals surface area contributed by atoms with Gasteiger partial charge in [-0.1, -0.05) is 62.0 Å². The van der Waals surface area contributed by atoms with Crippen LogP contribution >= 0.6 is 0 Å². The Kier molecular flexibility index (Phi) is 7.32. The topological polar surface area (TPSA) is 63.5 Å². The highest BCUT2D eigenvalue weighted by molar-refractivity contribution is 5.90. The number of aromatic nitrogens is 3. The van der Waals surface area contributed by atoms with Crippen molar-refractivity contribution < 1.29 is 9.63 Å². The van der Waals surface area contributed by atoms with E-state index in [1.165, 1.54) is 36.2 Å². The van der Waals surface area contributed by atoms with Gasteiger partial charge in [-0.15, -0.1) is 5.10 Å². The molecule has 2 aliphatic rings. The van der Waals surface area contributed by atoms with Crippen LogP contribution in [0.15, 0.2) is 72.8 Å². The lowest BCUT2D eigenvalue weighted by molar-refractivity contribution is 0.0409. The predicted octanol–water partition coefficient (Wildman–Crippen LogP) is 6.09. The standard InChI is InChI=1S/C33H39N5O2/c1-33(2,3)27-14-18-29(19-15-27)37-22-20-36(21-23-37)28-16-12-25(13-17-28)24-8-10-26(11-9-24)32(39)40-38-31-7-5-4-6-30(31)34-35-38/h4-13,16-17,27,29H,14-15,18-23H2,1-3H3. The number of para-hydroxylation sites is 1. The monoisotopic (exact) mass is 537 g/mol. The summed E-state index contributed by atoms with van der Waals surface area (Å²) in [5.74, 6) is 0.396. The maximum absolute atomic E-state index is 12.7. The highest BCUT2D eigenvalue weighted by Gasteiger charge is 2.33. The van der Waals surface area contributed by atoms with Crippen molar-refractivity contribution >= 4 is 22.7 Å². The van der Waals surface area contributed by atoms with Gasteiger partial charge in [0, 0.05) is 37.9 Å². The highest BCUT2D eigenvalue weighted by Crippen LogP contribution is 2.39. The molecule has 1 aromatic heterocycles. The average Bonchev–Trinajstić information content (AvgIpc) is 3.40. The zero-order chi connectivity index (χ0) is 27.7. The molecular formula is C33H39N5O2. The molecule has 1 aliphatic carbocycles. The summed E-state index contributed by atoms with van der Waals surface area (Å²) < 4.78 is 0. The second-order valence-electron chi connectivity index (χ2n) is 12.3. The third kappa shape index (κ3) is 5.61. The summed E-state index contributed by atoms with van der Waals surface area (Å²) in [4.78, 5) is 24.5. The molecule has 1 saturated heterocycles. The van der Waals surface area contributed by atoms with Gasteiger partial charge in [0.05, 0.1) is 5.56 Å². The van der Waals surface area contributed by atoms with Gasteiger partial charge in [0.1, 0.15) is 11.0 Å². The Balaban J connectivity index is 1.02. The van der Waals surface area contributed by atoms with Crippen LogP contribution in [0.4, 0.5) is 5.69 Å². The summed E-state index contributed by atoms with van der Waals surface area (Å²) in [5.41, 5.74) is 5.69. The van der Waals surface area contributed by atoms with Crippen LogP contribution in [0.2, 0.25) is 0 Å². The lowest BCUT2D eigenvalue weighted by Gasteiger charge is -2.44. The Morgan fingerprint density at radius 1 is 0.800 bits per heavy atom. The van der Waals surface area contributed by atoms with E-state index >= 15 is 0 Å². The molecule has 7 heteroatoms. The van der Waals surface area contributed by atoms with Crippen LogP contribution in [-0.2, 0) is 0 Å². The molecular weight excluding hydrogens is 498 g/mol. The quantitative estimate of drug-likeness (QED) is 0.287. The van der Waals surface area contributed by atoms with Gasteiger partial charge in [-0.25, -0.2) is 4.79 Å². The largest absolute Gasteiger partial charge is 0.369 e. The number of hydrogen-bond acceptors (Lipinski definition) is 6. The summed E-state index contributed by atoms with van der Waals surface area (Å²) >= 11 is 0. The number of carbonyl (C=O) groups excluding carboxylic acids is 1. The van der Waals surface area contributed by atoms with Crippen molar-refractivity contribution in [3.05, 3.63) is 78.4 Å². The molecule has 2 fully saturated rings. The Bertz CT molecular complexity index is 1440. The fraction of sp³-hybridized carbons (Fsp3) is 0.424. The number of piperazine rings is 1. The third-order valence-corrected chi connectivity index (χ3v) is 8.93.